The maximum absolute atomic E-state index is 13.5. The highest BCUT2D eigenvalue weighted by atomic mass is 35.5. The Kier molecular flexibility index (Phi) is 8.55. The smallest absolute Gasteiger partial charge is 0.144 e. The van der Waals surface area contributed by atoms with E-state index in [2.05, 4.69) is 35.7 Å². The zero-order valence-electron chi connectivity index (χ0n) is 21.3. The lowest BCUT2D eigenvalue weighted by Crippen LogP contribution is -2.52. The zero-order chi connectivity index (χ0) is 25.6. The Morgan fingerprint density at radius 2 is 1.92 bits per heavy atom. The third kappa shape index (κ3) is 6.41. The van der Waals surface area contributed by atoms with Crippen LogP contribution in [0, 0.1) is 5.82 Å². The Morgan fingerprint density at radius 1 is 1.11 bits per heavy atom. The molecule has 0 spiro atoms. The Hall–Kier alpha value is -2.72. The van der Waals surface area contributed by atoms with Gasteiger partial charge in [0, 0.05) is 63.0 Å². The van der Waals surface area contributed by atoms with Crippen LogP contribution in [-0.4, -0.2) is 85.3 Å². The van der Waals surface area contributed by atoms with Crippen molar-refractivity contribution in [3.8, 4) is 5.75 Å². The maximum Gasteiger partial charge on any atom is 0.144 e. The molecule has 8 nitrogen and oxygen atoms in total. The molecule has 2 aromatic carbocycles. The Morgan fingerprint density at radius 3 is 2.68 bits per heavy atom. The van der Waals surface area contributed by atoms with Crippen LogP contribution in [0.15, 0.2) is 36.7 Å². The molecule has 0 amide bonds. The van der Waals surface area contributed by atoms with Gasteiger partial charge in [-0.1, -0.05) is 11.6 Å². The van der Waals surface area contributed by atoms with E-state index in [-0.39, 0.29) is 5.02 Å². The van der Waals surface area contributed by atoms with Crippen LogP contribution in [0.1, 0.15) is 19.3 Å². The number of fused-ring (bicyclic) bond motifs is 1. The molecule has 3 heterocycles. The molecule has 0 unspecified atom stereocenters. The fourth-order valence-corrected chi connectivity index (χ4v) is 5.42. The summed E-state index contributed by atoms with van der Waals surface area (Å²) >= 11 is 5.93. The molecular weight excluding hydrogens is 493 g/mol. The first-order chi connectivity index (χ1) is 18.1. The van der Waals surface area contributed by atoms with E-state index in [0.717, 1.165) is 67.5 Å². The maximum atomic E-state index is 13.5. The molecule has 0 bridgehead atoms. The topological polar surface area (TPSA) is 77.6 Å². The number of rotatable bonds is 9. The second-order valence-corrected chi connectivity index (χ2v) is 10.1. The van der Waals surface area contributed by atoms with Crippen LogP contribution in [0.3, 0.4) is 0 Å². The van der Waals surface area contributed by atoms with Gasteiger partial charge in [-0.3, -0.25) is 4.90 Å². The van der Waals surface area contributed by atoms with Crippen molar-refractivity contribution in [2.45, 2.75) is 25.3 Å². The van der Waals surface area contributed by atoms with Crippen molar-refractivity contribution >= 4 is 39.7 Å². The van der Waals surface area contributed by atoms with E-state index in [1.165, 1.54) is 44.4 Å². The van der Waals surface area contributed by atoms with Crippen molar-refractivity contribution < 1.29 is 9.13 Å². The van der Waals surface area contributed by atoms with Gasteiger partial charge in [-0.15, -0.1) is 0 Å². The number of benzene rings is 2. The van der Waals surface area contributed by atoms with Gasteiger partial charge in [0.15, 0.2) is 0 Å². The van der Waals surface area contributed by atoms with E-state index >= 15 is 0 Å². The highest BCUT2D eigenvalue weighted by Gasteiger charge is 2.25. The summed E-state index contributed by atoms with van der Waals surface area (Å²) in [6.07, 6.45) is 5.00. The number of hydrogen-bond donors (Lipinski definition) is 3. The zero-order valence-corrected chi connectivity index (χ0v) is 22.0. The third-order valence-corrected chi connectivity index (χ3v) is 7.58. The van der Waals surface area contributed by atoms with E-state index < -0.39 is 5.82 Å². The van der Waals surface area contributed by atoms with Gasteiger partial charge in [0.1, 0.15) is 23.7 Å². The number of ether oxygens (including phenoxy) is 1. The number of hydrogen-bond acceptors (Lipinski definition) is 8. The van der Waals surface area contributed by atoms with Crippen molar-refractivity contribution in [2.75, 3.05) is 70.1 Å². The predicted octanol–water partition coefficient (Wildman–Crippen LogP) is 4.35. The summed E-state index contributed by atoms with van der Waals surface area (Å²) in [5.41, 5.74) is 2.27. The molecule has 3 aromatic rings. The minimum atomic E-state index is -0.460. The summed E-state index contributed by atoms with van der Waals surface area (Å²) in [6, 6.07) is 9.14. The second-order valence-electron chi connectivity index (χ2n) is 9.65. The van der Waals surface area contributed by atoms with Crippen molar-refractivity contribution in [3.05, 3.63) is 47.5 Å². The summed E-state index contributed by atoms with van der Waals surface area (Å²) in [6.45, 7) is 8.62. The number of anilines is 3. The molecule has 0 aliphatic carbocycles. The first-order valence-electron chi connectivity index (χ1n) is 13.1. The molecule has 1 aromatic heterocycles. The van der Waals surface area contributed by atoms with Crippen molar-refractivity contribution in [1.82, 2.24) is 25.1 Å². The summed E-state index contributed by atoms with van der Waals surface area (Å²) in [5, 5.41) is 10.8. The van der Waals surface area contributed by atoms with Crippen molar-refractivity contribution in [1.29, 1.82) is 0 Å². The van der Waals surface area contributed by atoms with Gasteiger partial charge in [0.05, 0.1) is 22.8 Å². The highest BCUT2D eigenvalue weighted by molar-refractivity contribution is 6.31. The molecule has 37 heavy (non-hydrogen) atoms. The Labute approximate surface area is 222 Å². The van der Waals surface area contributed by atoms with Crippen LogP contribution < -0.4 is 20.7 Å². The normalized spacial score (nSPS) is 17.7. The number of piperidine rings is 1. The summed E-state index contributed by atoms with van der Waals surface area (Å²) < 4.78 is 19.7. The summed E-state index contributed by atoms with van der Waals surface area (Å²) in [4.78, 5) is 14.0. The Bertz CT molecular complexity index is 1200. The van der Waals surface area contributed by atoms with Gasteiger partial charge in [-0.25, -0.2) is 14.4 Å². The van der Waals surface area contributed by atoms with Crippen LogP contribution >= 0.6 is 11.6 Å². The van der Waals surface area contributed by atoms with Crippen LogP contribution in [0.5, 0.6) is 5.75 Å². The molecule has 2 aliphatic heterocycles. The molecule has 2 fully saturated rings. The third-order valence-electron chi connectivity index (χ3n) is 7.29. The number of nitrogens with one attached hydrogen (secondary N) is 3. The van der Waals surface area contributed by atoms with Gasteiger partial charge in [0.25, 0.3) is 0 Å². The summed E-state index contributed by atoms with van der Waals surface area (Å²) in [7, 11) is 1.87. The SMILES string of the molecule is CNc1cc2c(Nc3ccc(F)c(Cl)c3)ncnc2cc1OCCCN1CCC(N2CCNCC2)CC1. The number of likely N-dealkylation sites (tertiary alicyclic amines) is 1. The highest BCUT2D eigenvalue weighted by Crippen LogP contribution is 2.33. The quantitative estimate of drug-likeness (QED) is 0.355. The minimum Gasteiger partial charge on any atom is -0.491 e. The lowest BCUT2D eigenvalue weighted by Gasteiger charge is -2.40. The average Bonchev–Trinajstić information content (AvgIpc) is 2.93. The van der Waals surface area contributed by atoms with E-state index in [4.69, 9.17) is 16.3 Å². The van der Waals surface area contributed by atoms with Gasteiger partial charge in [-0.05, 0) is 56.6 Å². The molecule has 5 rings (SSSR count). The van der Waals surface area contributed by atoms with Gasteiger partial charge < -0.3 is 25.6 Å². The predicted molar refractivity (Wildman–Crippen MR) is 148 cm³/mol. The van der Waals surface area contributed by atoms with E-state index in [9.17, 15) is 4.39 Å². The van der Waals surface area contributed by atoms with Crippen LogP contribution in [-0.2, 0) is 0 Å². The molecule has 3 N–H and O–H groups in total. The van der Waals surface area contributed by atoms with E-state index in [1.54, 1.807) is 6.07 Å². The average molecular weight is 528 g/mol. The van der Waals surface area contributed by atoms with E-state index in [0.29, 0.717) is 18.1 Å². The van der Waals surface area contributed by atoms with Crippen LogP contribution in [0.2, 0.25) is 5.02 Å². The molecule has 10 heteroatoms. The standard InChI is InChI=1S/C27H35ClFN7O/c1-30-25-16-21-24(32-18-33-27(21)34-19-3-4-23(29)22(28)15-19)17-26(25)37-14-2-9-35-10-5-20(6-11-35)36-12-7-31-8-13-36/h3-4,15-18,20,30-31H,2,5-14H2,1H3,(H,32,33,34). The first-order valence-corrected chi connectivity index (χ1v) is 13.5. The number of aromatic nitrogens is 2. The van der Waals surface area contributed by atoms with Crippen molar-refractivity contribution in [2.24, 2.45) is 0 Å². The Balaban J connectivity index is 1.16. The molecule has 0 saturated carbocycles. The number of nitrogens with zero attached hydrogens (tertiary/aromatic N) is 4. The number of piperazine rings is 1. The number of halogens is 2. The molecule has 198 valence electrons. The molecule has 2 saturated heterocycles. The van der Waals surface area contributed by atoms with Crippen LogP contribution in [0.4, 0.5) is 21.6 Å². The molecule has 0 atom stereocenters. The van der Waals surface area contributed by atoms with Gasteiger partial charge in [-0.2, -0.15) is 0 Å². The monoisotopic (exact) mass is 527 g/mol. The van der Waals surface area contributed by atoms with Crippen molar-refractivity contribution in [3.63, 3.8) is 0 Å². The first kappa shape index (κ1) is 25.9. The fraction of sp³-hybridized carbons (Fsp3) is 0.481. The minimum absolute atomic E-state index is 0.0545. The fourth-order valence-electron chi connectivity index (χ4n) is 5.23. The molecule has 2 aliphatic rings. The largest absolute Gasteiger partial charge is 0.491 e. The van der Waals surface area contributed by atoms with Gasteiger partial charge in [0.2, 0.25) is 0 Å². The lowest BCUT2D eigenvalue weighted by atomic mass is 10.0. The lowest BCUT2D eigenvalue weighted by molar-refractivity contribution is 0.0951. The van der Waals surface area contributed by atoms with E-state index in [1.807, 2.05) is 19.2 Å². The van der Waals surface area contributed by atoms with Crippen LogP contribution in [0.25, 0.3) is 10.9 Å². The molecular formula is C27H35ClFN7O. The molecule has 0 radical (unpaired) electrons. The second kappa shape index (κ2) is 12.2. The van der Waals surface area contributed by atoms with Gasteiger partial charge >= 0.3 is 0 Å². The summed E-state index contributed by atoms with van der Waals surface area (Å²) in [5.74, 6) is 0.917.